The minimum absolute atomic E-state index is 0.0956. The van der Waals surface area contributed by atoms with Gasteiger partial charge in [-0.05, 0) is 58.0 Å². The maximum Gasteiger partial charge on any atom is 0.278 e. The van der Waals surface area contributed by atoms with Gasteiger partial charge in [-0.15, -0.1) is 0 Å². The van der Waals surface area contributed by atoms with Crippen molar-refractivity contribution in [1.82, 2.24) is 4.57 Å². The van der Waals surface area contributed by atoms with E-state index in [-0.39, 0.29) is 10.6 Å². The van der Waals surface area contributed by atoms with E-state index in [4.69, 9.17) is 0 Å². The van der Waals surface area contributed by atoms with Crippen LogP contribution >= 0.6 is 15.9 Å². The molecule has 1 heterocycles. The van der Waals surface area contributed by atoms with Gasteiger partial charge in [0.15, 0.2) is 0 Å². The molecule has 0 bridgehead atoms. The highest BCUT2D eigenvalue weighted by atomic mass is 79.9. The molecule has 214 valence electrons. The summed E-state index contributed by atoms with van der Waals surface area (Å²) < 4.78 is 3.01. The molecule has 0 atom stereocenters. The van der Waals surface area contributed by atoms with Crippen molar-refractivity contribution in [3.05, 3.63) is 142 Å². The normalized spacial score (nSPS) is 10.6. The zero-order chi connectivity index (χ0) is 30.5. The molecular formula is C38H33BrN2O2. The Morgan fingerprint density at radius 2 is 1.23 bits per heavy atom. The molecule has 0 unspecified atom stereocenters. The number of nitro groups is 1. The molecule has 0 aliphatic rings. The van der Waals surface area contributed by atoms with Crippen molar-refractivity contribution in [3.8, 4) is 27.9 Å². The third kappa shape index (κ3) is 5.56. The molecule has 0 saturated heterocycles. The van der Waals surface area contributed by atoms with Gasteiger partial charge in [-0.25, -0.2) is 0 Å². The highest BCUT2D eigenvalue weighted by Gasteiger charge is 2.18. The van der Waals surface area contributed by atoms with Crippen LogP contribution in [0.15, 0.2) is 132 Å². The average Bonchev–Trinajstić information content (AvgIpc) is 3.40. The van der Waals surface area contributed by atoms with E-state index >= 15 is 0 Å². The minimum Gasteiger partial charge on any atom is -0.309 e. The van der Waals surface area contributed by atoms with Crippen LogP contribution in [0.4, 0.5) is 5.69 Å². The van der Waals surface area contributed by atoms with Gasteiger partial charge in [-0.1, -0.05) is 135 Å². The fraction of sp³-hybridized carbons (Fsp3) is 0.105. The second-order valence-electron chi connectivity index (χ2n) is 9.58. The molecule has 1 aromatic heterocycles. The molecule has 43 heavy (non-hydrogen) atoms. The number of halogens is 1. The van der Waals surface area contributed by atoms with E-state index < -0.39 is 0 Å². The van der Waals surface area contributed by atoms with Crippen LogP contribution < -0.4 is 0 Å². The van der Waals surface area contributed by atoms with Crippen molar-refractivity contribution < 1.29 is 4.92 Å². The van der Waals surface area contributed by atoms with Crippen molar-refractivity contribution in [2.75, 3.05) is 0 Å². The zero-order valence-electron chi connectivity index (χ0n) is 24.7. The van der Waals surface area contributed by atoms with Crippen LogP contribution in [0.2, 0.25) is 0 Å². The van der Waals surface area contributed by atoms with Crippen LogP contribution in [0, 0.1) is 10.1 Å². The highest BCUT2D eigenvalue weighted by Crippen LogP contribution is 2.39. The SMILES string of the molecule is CC.CC.O=[N+]([O-])c1cc(Br)cc2cccc(-c3ccc(-c4ccc5c6ccccc6n(-c6ccccc6)c5c4)cc3)c12. The minimum atomic E-state index is -0.313. The number of fused-ring (bicyclic) bond motifs is 4. The maximum atomic E-state index is 11.9. The summed E-state index contributed by atoms with van der Waals surface area (Å²) in [6, 6.07) is 43.1. The van der Waals surface area contributed by atoms with Crippen LogP contribution in [0.1, 0.15) is 27.7 Å². The number of aromatic nitrogens is 1. The number of nitrogens with zero attached hydrogens (tertiary/aromatic N) is 2. The Kier molecular flexibility index (Phi) is 9.03. The number of non-ortho nitro benzene ring substituents is 1. The lowest BCUT2D eigenvalue weighted by atomic mass is 9.95. The molecule has 0 aliphatic heterocycles. The number of para-hydroxylation sites is 2. The summed E-state index contributed by atoms with van der Waals surface area (Å²) in [6.07, 6.45) is 0. The smallest absolute Gasteiger partial charge is 0.278 e. The van der Waals surface area contributed by atoms with Gasteiger partial charge in [0, 0.05) is 27.0 Å². The molecule has 0 radical (unpaired) electrons. The van der Waals surface area contributed by atoms with Crippen LogP contribution in [-0.2, 0) is 0 Å². The summed E-state index contributed by atoms with van der Waals surface area (Å²) in [5.41, 5.74) is 7.53. The van der Waals surface area contributed by atoms with Crippen LogP contribution in [0.25, 0.3) is 60.5 Å². The molecule has 0 fully saturated rings. The van der Waals surface area contributed by atoms with Gasteiger partial charge in [-0.3, -0.25) is 10.1 Å². The molecule has 0 amide bonds. The van der Waals surface area contributed by atoms with Crippen LogP contribution in [0.5, 0.6) is 0 Å². The maximum absolute atomic E-state index is 11.9. The Morgan fingerprint density at radius 3 is 1.95 bits per heavy atom. The quantitative estimate of drug-likeness (QED) is 0.144. The van der Waals surface area contributed by atoms with Gasteiger partial charge in [0.05, 0.1) is 21.3 Å². The lowest BCUT2D eigenvalue weighted by Gasteiger charge is -2.11. The molecule has 5 heteroatoms. The zero-order valence-corrected chi connectivity index (χ0v) is 26.3. The Labute approximate surface area is 260 Å². The summed E-state index contributed by atoms with van der Waals surface area (Å²) in [4.78, 5) is 11.6. The lowest BCUT2D eigenvalue weighted by Crippen LogP contribution is -1.93. The molecule has 6 aromatic carbocycles. The first kappa shape index (κ1) is 29.7. The van der Waals surface area contributed by atoms with Gasteiger partial charge in [0.25, 0.3) is 5.69 Å². The van der Waals surface area contributed by atoms with E-state index in [1.807, 2.05) is 70.2 Å². The van der Waals surface area contributed by atoms with Crippen molar-refractivity contribution in [2.45, 2.75) is 27.7 Å². The van der Waals surface area contributed by atoms with E-state index in [2.05, 4.69) is 99.4 Å². The number of rotatable bonds is 4. The summed E-state index contributed by atoms with van der Waals surface area (Å²) in [6.45, 7) is 8.00. The van der Waals surface area contributed by atoms with Gasteiger partial charge in [0.2, 0.25) is 0 Å². The van der Waals surface area contributed by atoms with E-state index in [9.17, 15) is 10.1 Å². The van der Waals surface area contributed by atoms with Crippen molar-refractivity contribution in [3.63, 3.8) is 0 Å². The molecule has 0 aliphatic carbocycles. The topological polar surface area (TPSA) is 48.1 Å². The molecule has 0 saturated carbocycles. The summed E-state index contributed by atoms with van der Waals surface area (Å²) in [5, 5.41) is 15.8. The lowest BCUT2D eigenvalue weighted by molar-refractivity contribution is -0.383. The first-order valence-electron chi connectivity index (χ1n) is 14.6. The number of hydrogen-bond acceptors (Lipinski definition) is 2. The standard InChI is InChI=1S/C34H21BrN2O2.2C2H6/c35-26-19-25-7-6-11-28(34(25)33(21-26)37(38)39)23-15-13-22(14-16-23)24-17-18-30-29-10-4-5-12-31(29)36(32(30)20-24)27-8-2-1-3-9-27;2*1-2/h1-21H;2*1-2H3. The largest absolute Gasteiger partial charge is 0.309 e. The fourth-order valence-corrected chi connectivity index (χ4v) is 6.06. The first-order valence-corrected chi connectivity index (χ1v) is 15.4. The Bertz CT molecular complexity index is 2050. The first-order chi connectivity index (χ1) is 21.1. The molecule has 4 nitrogen and oxygen atoms in total. The summed E-state index contributed by atoms with van der Waals surface area (Å²) in [7, 11) is 0. The molecule has 7 rings (SSSR count). The monoisotopic (exact) mass is 628 g/mol. The van der Waals surface area contributed by atoms with Gasteiger partial charge in [0.1, 0.15) is 0 Å². The van der Waals surface area contributed by atoms with Crippen LogP contribution in [0.3, 0.4) is 0 Å². The predicted molar refractivity (Wildman–Crippen MR) is 186 cm³/mol. The third-order valence-electron chi connectivity index (χ3n) is 7.33. The van der Waals surface area contributed by atoms with Crippen LogP contribution in [-0.4, -0.2) is 9.49 Å². The van der Waals surface area contributed by atoms with E-state index in [1.54, 1.807) is 6.07 Å². The molecule has 7 aromatic rings. The average molecular weight is 630 g/mol. The Hall–Kier alpha value is -4.74. The second-order valence-corrected chi connectivity index (χ2v) is 10.5. The van der Waals surface area contributed by atoms with E-state index in [0.717, 1.165) is 38.8 Å². The van der Waals surface area contributed by atoms with Crippen molar-refractivity contribution >= 4 is 54.2 Å². The Morgan fingerprint density at radius 1 is 0.605 bits per heavy atom. The predicted octanol–water partition coefficient (Wildman–Crippen LogP) is 12.0. The van der Waals surface area contributed by atoms with Crippen molar-refractivity contribution in [1.29, 1.82) is 0 Å². The fourth-order valence-electron chi connectivity index (χ4n) is 5.60. The molecule has 0 N–H and O–H groups in total. The highest BCUT2D eigenvalue weighted by molar-refractivity contribution is 9.10. The number of benzene rings is 6. The Balaban J connectivity index is 0.000000885. The van der Waals surface area contributed by atoms with Gasteiger partial charge < -0.3 is 4.57 Å². The summed E-state index contributed by atoms with van der Waals surface area (Å²) >= 11 is 3.41. The van der Waals surface area contributed by atoms with E-state index in [0.29, 0.717) is 9.86 Å². The molecular weight excluding hydrogens is 596 g/mol. The summed E-state index contributed by atoms with van der Waals surface area (Å²) in [5.74, 6) is 0. The molecule has 0 spiro atoms. The second kappa shape index (κ2) is 13.1. The number of hydrogen-bond donors (Lipinski definition) is 0. The number of nitro benzene ring substituents is 1. The van der Waals surface area contributed by atoms with Gasteiger partial charge >= 0.3 is 0 Å². The third-order valence-corrected chi connectivity index (χ3v) is 7.79. The van der Waals surface area contributed by atoms with E-state index in [1.165, 1.54) is 16.3 Å². The van der Waals surface area contributed by atoms with Crippen molar-refractivity contribution in [2.24, 2.45) is 0 Å². The van der Waals surface area contributed by atoms with Gasteiger partial charge in [-0.2, -0.15) is 0 Å².